The Labute approximate surface area is 386 Å². The molecule has 5 atom stereocenters. The molecule has 350 valence electrons. The second-order valence-corrected chi connectivity index (χ2v) is 16.7. The summed E-state index contributed by atoms with van der Waals surface area (Å²) in [4.78, 5) is 108. The second kappa shape index (κ2) is 28.8. The van der Waals surface area contributed by atoms with Crippen LogP contribution >= 0.6 is 22.6 Å². The summed E-state index contributed by atoms with van der Waals surface area (Å²) in [6.07, 6.45) is 3.83. The predicted molar refractivity (Wildman–Crippen MR) is 247 cm³/mol. The van der Waals surface area contributed by atoms with E-state index < -0.39 is 78.7 Å². The van der Waals surface area contributed by atoms with Crippen molar-refractivity contribution in [3.8, 4) is 0 Å². The summed E-state index contributed by atoms with van der Waals surface area (Å²) in [6, 6.07) is 10.7. The van der Waals surface area contributed by atoms with Gasteiger partial charge in [0.1, 0.15) is 24.2 Å². The number of aliphatic carboxylic acids is 1. The largest absolute Gasteiger partial charge is 0.481 e. The van der Waals surface area contributed by atoms with Crippen LogP contribution < -0.4 is 54.4 Å². The van der Waals surface area contributed by atoms with Crippen LogP contribution in [0.25, 0.3) is 0 Å². The van der Waals surface area contributed by atoms with Crippen molar-refractivity contribution in [1.82, 2.24) is 37.2 Å². The number of carboxylic acid groups (broad SMARTS) is 1. The number of carboxylic acids is 1. The minimum absolute atomic E-state index is 0.0211. The predicted octanol–water partition coefficient (Wildman–Crippen LogP) is -0.646. The zero-order valence-electron chi connectivity index (χ0n) is 35.9. The van der Waals surface area contributed by atoms with Crippen molar-refractivity contribution >= 4 is 75.9 Å². The van der Waals surface area contributed by atoms with Crippen LogP contribution in [0.3, 0.4) is 0 Å². The number of rotatable bonds is 23. The number of unbranched alkanes of at least 4 members (excludes halogenated alkanes) is 2. The quantitative estimate of drug-likeness (QED) is 0.0287. The lowest BCUT2D eigenvalue weighted by Gasteiger charge is -2.26. The van der Waals surface area contributed by atoms with E-state index >= 15 is 0 Å². The third-order valence-electron chi connectivity index (χ3n) is 10.2. The highest BCUT2D eigenvalue weighted by Crippen LogP contribution is 2.11. The number of hydrogen-bond acceptors (Lipinski definition) is 10. The molecule has 0 spiro atoms. The van der Waals surface area contributed by atoms with Crippen LogP contribution in [-0.4, -0.2) is 115 Å². The summed E-state index contributed by atoms with van der Waals surface area (Å²) in [5, 5.41) is 27.8. The topological polar surface area (TPSA) is 331 Å². The summed E-state index contributed by atoms with van der Waals surface area (Å²) in [5.74, 6) is -6.07. The molecule has 64 heavy (non-hydrogen) atoms. The smallest absolute Gasteiger partial charge is 0.305 e. The normalized spacial score (nSPS) is 18.9. The molecule has 1 fully saturated rings. The van der Waals surface area contributed by atoms with E-state index in [2.05, 4.69) is 76.9 Å². The zero-order valence-corrected chi connectivity index (χ0v) is 38.0. The van der Waals surface area contributed by atoms with Gasteiger partial charge >= 0.3 is 5.97 Å². The van der Waals surface area contributed by atoms with Gasteiger partial charge < -0.3 is 59.5 Å². The van der Waals surface area contributed by atoms with Crippen LogP contribution in [0.4, 0.5) is 0 Å². The van der Waals surface area contributed by atoms with Crippen molar-refractivity contribution < 1.29 is 43.5 Å². The van der Waals surface area contributed by atoms with E-state index in [9.17, 15) is 43.5 Å². The number of halogens is 1. The first-order valence-corrected chi connectivity index (χ1v) is 22.5. The van der Waals surface area contributed by atoms with Gasteiger partial charge in [-0.05, 0) is 110 Å². The number of carbonyl (C=O) groups excluding carboxylic acids is 7. The molecule has 0 bridgehead atoms. The third kappa shape index (κ3) is 21.0. The molecule has 7 amide bonds. The van der Waals surface area contributed by atoms with Crippen LogP contribution in [0.5, 0.6) is 0 Å². The van der Waals surface area contributed by atoms with E-state index in [1.165, 1.54) is 5.56 Å². The zero-order chi connectivity index (χ0) is 46.9. The highest BCUT2D eigenvalue weighted by atomic mass is 127. The van der Waals surface area contributed by atoms with E-state index in [0.29, 0.717) is 50.6 Å². The van der Waals surface area contributed by atoms with E-state index in [1.54, 1.807) is 30.3 Å². The Balaban J connectivity index is 1.61. The Kier molecular flexibility index (Phi) is 23.6. The molecule has 0 aliphatic carbocycles. The molecule has 21 heteroatoms. The summed E-state index contributed by atoms with van der Waals surface area (Å²) in [5.41, 5.74) is 18.8. The van der Waals surface area contributed by atoms with Gasteiger partial charge in [0.05, 0.1) is 19.0 Å². The molecule has 0 aromatic heterocycles. The van der Waals surface area contributed by atoms with Crippen LogP contribution in [0.2, 0.25) is 0 Å². The maximum absolute atomic E-state index is 14.0. The molecule has 3 rings (SSSR count). The maximum Gasteiger partial charge on any atom is 0.305 e. The Morgan fingerprint density at radius 3 is 2.02 bits per heavy atom. The van der Waals surface area contributed by atoms with Crippen molar-refractivity contribution in [3.63, 3.8) is 0 Å². The minimum Gasteiger partial charge on any atom is -0.481 e. The molecule has 14 N–H and O–H groups in total. The van der Waals surface area contributed by atoms with Crippen LogP contribution in [0.15, 0.2) is 59.6 Å². The first-order chi connectivity index (χ1) is 30.6. The van der Waals surface area contributed by atoms with Crippen molar-refractivity contribution in [2.75, 3.05) is 26.2 Å². The fourth-order valence-corrected chi connectivity index (χ4v) is 7.05. The number of nitrogens with two attached hydrogens (primary N) is 3. The summed E-state index contributed by atoms with van der Waals surface area (Å²) >= 11 is 2.25. The van der Waals surface area contributed by atoms with Crippen molar-refractivity contribution in [1.29, 1.82) is 0 Å². The van der Waals surface area contributed by atoms with E-state index in [4.69, 9.17) is 17.2 Å². The number of hydrogen-bond donors (Lipinski definition) is 11. The van der Waals surface area contributed by atoms with Crippen LogP contribution in [0.1, 0.15) is 81.8 Å². The fraction of sp³-hybridized carbons (Fsp3) is 0.512. The first kappa shape index (κ1) is 52.5. The molecule has 2 aromatic rings. The summed E-state index contributed by atoms with van der Waals surface area (Å²) < 4.78 is 1.16. The number of nitrogens with zero attached hydrogens (tertiary/aromatic N) is 1. The monoisotopic (exact) mass is 1000 g/mol. The Morgan fingerprint density at radius 2 is 1.33 bits per heavy atom. The SMILES string of the molecule is NC(N)=NCCC[C@@H]1NC(=O)[C@H](CCCCNC(=O)[C@@H](N)CCCCNC(=O)CCCc2ccc(I)cc2)NC(=O)[C@@H](Cc2ccccc2)NC(=O)[C@H](CC(=O)O)NC(=O)CNC1=O. The maximum atomic E-state index is 14.0. The van der Waals surface area contributed by atoms with Gasteiger partial charge in [0.15, 0.2) is 5.96 Å². The van der Waals surface area contributed by atoms with Crippen molar-refractivity contribution in [2.45, 2.75) is 114 Å². The molecular weight excluding hydrogens is 941 g/mol. The number of benzene rings is 2. The molecule has 20 nitrogen and oxygen atoms in total. The highest BCUT2D eigenvalue weighted by molar-refractivity contribution is 14.1. The first-order valence-electron chi connectivity index (χ1n) is 21.4. The van der Waals surface area contributed by atoms with Gasteiger partial charge in [0, 0.05) is 36.0 Å². The third-order valence-corrected chi connectivity index (χ3v) is 10.9. The van der Waals surface area contributed by atoms with Crippen LogP contribution in [-0.2, 0) is 51.2 Å². The van der Waals surface area contributed by atoms with Gasteiger partial charge in [-0.1, -0.05) is 42.5 Å². The lowest BCUT2D eigenvalue weighted by Crippen LogP contribution is -2.58. The number of amides is 7. The number of nitrogens with one attached hydrogen (secondary N) is 7. The van der Waals surface area contributed by atoms with E-state index in [1.807, 2.05) is 12.1 Å². The van der Waals surface area contributed by atoms with Gasteiger partial charge in [-0.3, -0.25) is 43.3 Å². The summed E-state index contributed by atoms with van der Waals surface area (Å²) in [7, 11) is 0. The molecule has 0 saturated carbocycles. The van der Waals surface area contributed by atoms with E-state index in [0.717, 1.165) is 16.4 Å². The van der Waals surface area contributed by atoms with Crippen molar-refractivity contribution in [3.05, 3.63) is 69.3 Å². The van der Waals surface area contributed by atoms with Crippen LogP contribution in [0, 0.1) is 3.57 Å². The lowest BCUT2D eigenvalue weighted by molar-refractivity contribution is -0.141. The van der Waals surface area contributed by atoms with Gasteiger partial charge in [-0.15, -0.1) is 0 Å². The number of aryl methyl sites for hydroxylation is 1. The van der Waals surface area contributed by atoms with Gasteiger partial charge in [-0.2, -0.15) is 0 Å². The molecule has 1 aliphatic heterocycles. The Morgan fingerprint density at radius 1 is 0.719 bits per heavy atom. The Bertz CT molecular complexity index is 1900. The average Bonchev–Trinajstić information content (AvgIpc) is 3.25. The molecule has 2 aromatic carbocycles. The highest BCUT2D eigenvalue weighted by Gasteiger charge is 2.33. The van der Waals surface area contributed by atoms with Gasteiger partial charge in [0.25, 0.3) is 0 Å². The molecular formula is C43H62IN11O9. The number of aliphatic imine (C=N–C) groups is 1. The standard InChI is InChI=1S/C43H62IN11O9/c44-29-19-17-27(18-20-29)12-8-16-35(56)48-21-6-4-13-30(45)38(60)49-22-7-5-14-32-40(62)53-31(15-9-23-50-43(46)47)39(61)51-26-36(57)52-34(25-37(58)59)42(64)55-33(41(63)54-32)24-28-10-2-1-3-11-28/h1-3,10-11,17-20,30-34H,4-9,12-16,21-26,45H2,(H,48,56)(H,49,60)(H,51,61)(H,52,57)(H,53,62)(H,54,63)(H,55,64)(H,58,59)(H4,46,47,50)/t30-,31-,32-,33+,34-/m0/s1. The minimum atomic E-state index is -1.61. The average molecular weight is 1000 g/mol. The molecule has 1 saturated heterocycles. The number of carbonyl (C=O) groups is 8. The Hall–Kier alpha value is -5.84. The lowest BCUT2D eigenvalue weighted by atomic mass is 10.0. The molecule has 1 aliphatic rings. The van der Waals surface area contributed by atoms with Crippen molar-refractivity contribution in [2.24, 2.45) is 22.2 Å². The van der Waals surface area contributed by atoms with E-state index in [-0.39, 0.29) is 56.5 Å². The molecule has 1 heterocycles. The fourth-order valence-electron chi connectivity index (χ4n) is 6.69. The molecule has 0 unspecified atom stereocenters. The van der Waals surface area contributed by atoms with Gasteiger partial charge in [-0.25, -0.2) is 0 Å². The number of guanidine groups is 1. The second-order valence-electron chi connectivity index (χ2n) is 15.5. The van der Waals surface area contributed by atoms with Gasteiger partial charge in [0.2, 0.25) is 41.4 Å². The molecule has 0 radical (unpaired) electrons. The summed E-state index contributed by atoms with van der Waals surface area (Å²) in [6.45, 7) is 0.159.